The normalized spacial score (nSPS) is 22.6. The minimum Gasteiger partial charge on any atom is -0.298 e. The number of hydrogen-bond acceptors (Lipinski definition) is 5. The third kappa shape index (κ3) is 4.28. The molecule has 1 aromatic rings. The van der Waals surface area contributed by atoms with E-state index in [1.54, 1.807) is 0 Å². The molecule has 6 heteroatoms. The fourth-order valence-corrected chi connectivity index (χ4v) is 4.59. The van der Waals surface area contributed by atoms with Crippen molar-refractivity contribution < 1.29 is 0 Å². The van der Waals surface area contributed by atoms with E-state index in [1.807, 2.05) is 0 Å². The van der Waals surface area contributed by atoms with Crippen LogP contribution in [0.15, 0.2) is 0 Å². The van der Waals surface area contributed by atoms with Crippen LogP contribution in [0, 0.1) is 0 Å². The van der Waals surface area contributed by atoms with E-state index < -0.39 is 0 Å². The Balaban J connectivity index is 1.69. The molecule has 0 unspecified atom stereocenters. The second-order valence-corrected chi connectivity index (χ2v) is 8.78. The van der Waals surface area contributed by atoms with Gasteiger partial charge in [0.25, 0.3) is 0 Å². The number of tetrazole rings is 1. The molecule has 3 rings (SSSR count). The molecule has 1 atom stereocenters. The van der Waals surface area contributed by atoms with Crippen LogP contribution in [0.4, 0.5) is 0 Å². The zero-order chi connectivity index (χ0) is 18.6. The van der Waals surface area contributed by atoms with Crippen LogP contribution in [0.1, 0.15) is 90.9 Å². The summed E-state index contributed by atoms with van der Waals surface area (Å²) in [4.78, 5) is 5.38. The van der Waals surface area contributed by atoms with E-state index in [1.165, 1.54) is 45.2 Å². The van der Waals surface area contributed by atoms with Crippen LogP contribution in [-0.2, 0) is 5.54 Å². The van der Waals surface area contributed by atoms with E-state index in [4.69, 9.17) is 0 Å². The summed E-state index contributed by atoms with van der Waals surface area (Å²) in [6.07, 6.45) is 10.4. The largest absolute Gasteiger partial charge is 0.298 e. The maximum absolute atomic E-state index is 4.48. The van der Waals surface area contributed by atoms with Crippen molar-refractivity contribution in [3.05, 3.63) is 5.82 Å². The summed E-state index contributed by atoms with van der Waals surface area (Å²) in [5, 5.41) is 12.9. The van der Waals surface area contributed by atoms with Crippen molar-refractivity contribution in [3.63, 3.8) is 0 Å². The standard InChI is InChI=1S/C20H38N6/c1-5-10-18(19-21-22-23-26(19)20(3,4)6-2)25-15-13-24(14-16-25)17-11-8-7-9-12-17/h17-18H,5-16H2,1-4H3/t18-/m1/s1. The molecule has 0 amide bonds. The predicted octanol–water partition coefficient (Wildman–Crippen LogP) is 3.61. The van der Waals surface area contributed by atoms with Gasteiger partial charge in [-0.1, -0.05) is 39.5 Å². The minimum absolute atomic E-state index is 0.0330. The first-order chi connectivity index (χ1) is 12.6. The van der Waals surface area contributed by atoms with Gasteiger partial charge >= 0.3 is 0 Å². The van der Waals surface area contributed by atoms with E-state index in [-0.39, 0.29) is 5.54 Å². The lowest BCUT2D eigenvalue weighted by Gasteiger charge is -2.43. The van der Waals surface area contributed by atoms with Gasteiger partial charge in [0.05, 0.1) is 11.6 Å². The average Bonchev–Trinajstić information content (AvgIpc) is 3.17. The maximum atomic E-state index is 4.48. The van der Waals surface area contributed by atoms with Gasteiger partial charge in [-0.3, -0.25) is 9.80 Å². The van der Waals surface area contributed by atoms with Crippen LogP contribution in [0.2, 0.25) is 0 Å². The summed E-state index contributed by atoms with van der Waals surface area (Å²) >= 11 is 0. The molecule has 148 valence electrons. The number of piperazine rings is 1. The Morgan fingerprint density at radius 1 is 1.04 bits per heavy atom. The molecule has 2 aliphatic rings. The van der Waals surface area contributed by atoms with Gasteiger partial charge in [0.1, 0.15) is 0 Å². The smallest absolute Gasteiger partial charge is 0.168 e. The van der Waals surface area contributed by atoms with Gasteiger partial charge in [-0.15, -0.1) is 5.10 Å². The Bertz CT molecular complexity index is 540. The minimum atomic E-state index is -0.0330. The molecule has 0 N–H and O–H groups in total. The van der Waals surface area contributed by atoms with Gasteiger partial charge in [-0.25, -0.2) is 4.68 Å². The highest BCUT2D eigenvalue weighted by Crippen LogP contribution is 2.30. The third-order valence-electron chi connectivity index (χ3n) is 6.67. The zero-order valence-electron chi connectivity index (χ0n) is 17.3. The Labute approximate surface area is 159 Å². The van der Waals surface area contributed by atoms with Gasteiger partial charge in [0, 0.05) is 32.2 Å². The molecule has 2 heterocycles. The molecule has 0 radical (unpaired) electrons. The molecule has 1 aliphatic heterocycles. The Kier molecular flexibility index (Phi) is 6.67. The molecule has 1 saturated heterocycles. The highest BCUT2D eigenvalue weighted by molar-refractivity contribution is 4.99. The summed E-state index contributed by atoms with van der Waals surface area (Å²) in [7, 11) is 0. The lowest BCUT2D eigenvalue weighted by molar-refractivity contribution is 0.0483. The van der Waals surface area contributed by atoms with Crippen molar-refractivity contribution in [1.29, 1.82) is 0 Å². The van der Waals surface area contributed by atoms with Gasteiger partial charge in [0.2, 0.25) is 0 Å². The Morgan fingerprint density at radius 3 is 2.35 bits per heavy atom. The fraction of sp³-hybridized carbons (Fsp3) is 0.950. The summed E-state index contributed by atoms with van der Waals surface area (Å²) in [5.74, 6) is 1.06. The molecule has 1 saturated carbocycles. The van der Waals surface area contributed by atoms with Gasteiger partial charge in [-0.05, 0) is 50.0 Å². The van der Waals surface area contributed by atoms with E-state index in [2.05, 4.69) is 57.7 Å². The van der Waals surface area contributed by atoms with Crippen LogP contribution in [0.3, 0.4) is 0 Å². The molecule has 0 bridgehead atoms. The lowest BCUT2D eigenvalue weighted by Crippen LogP contribution is -2.52. The predicted molar refractivity (Wildman–Crippen MR) is 105 cm³/mol. The van der Waals surface area contributed by atoms with Crippen LogP contribution < -0.4 is 0 Å². The summed E-state index contributed by atoms with van der Waals surface area (Å²) in [6.45, 7) is 13.6. The number of aromatic nitrogens is 4. The van der Waals surface area contributed by atoms with Crippen molar-refractivity contribution in [2.75, 3.05) is 26.2 Å². The van der Waals surface area contributed by atoms with Crippen molar-refractivity contribution in [3.8, 4) is 0 Å². The number of hydrogen-bond donors (Lipinski definition) is 0. The number of rotatable bonds is 7. The monoisotopic (exact) mass is 362 g/mol. The highest BCUT2D eigenvalue weighted by atomic mass is 15.6. The molecule has 1 aliphatic carbocycles. The maximum Gasteiger partial charge on any atom is 0.168 e. The fourth-order valence-electron chi connectivity index (χ4n) is 4.59. The molecule has 0 aromatic carbocycles. The SMILES string of the molecule is CCC[C@H](c1nnnn1C(C)(C)CC)N1CCN(C2CCCCC2)CC1. The van der Waals surface area contributed by atoms with Gasteiger partial charge in [-0.2, -0.15) is 0 Å². The quantitative estimate of drug-likeness (QED) is 0.741. The topological polar surface area (TPSA) is 50.1 Å². The van der Waals surface area contributed by atoms with Crippen molar-refractivity contribution in [2.45, 2.75) is 96.7 Å². The molecular formula is C20H38N6. The Morgan fingerprint density at radius 2 is 1.73 bits per heavy atom. The highest BCUT2D eigenvalue weighted by Gasteiger charge is 2.33. The third-order valence-corrected chi connectivity index (χ3v) is 6.67. The molecule has 6 nitrogen and oxygen atoms in total. The second-order valence-electron chi connectivity index (χ2n) is 8.78. The molecular weight excluding hydrogens is 324 g/mol. The lowest BCUT2D eigenvalue weighted by atomic mass is 9.93. The van der Waals surface area contributed by atoms with Crippen LogP contribution >= 0.6 is 0 Å². The van der Waals surface area contributed by atoms with E-state index in [0.717, 1.165) is 44.2 Å². The van der Waals surface area contributed by atoms with Gasteiger partial charge in [0.15, 0.2) is 5.82 Å². The van der Waals surface area contributed by atoms with Crippen LogP contribution in [0.25, 0.3) is 0 Å². The van der Waals surface area contributed by atoms with E-state index in [0.29, 0.717) is 6.04 Å². The first kappa shape index (κ1) is 19.7. The first-order valence-electron chi connectivity index (χ1n) is 10.8. The van der Waals surface area contributed by atoms with Crippen molar-refractivity contribution in [2.24, 2.45) is 0 Å². The summed E-state index contributed by atoms with van der Waals surface area (Å²) in [5.41, 5.74) is -0.0330. The van der Waals surface area contributed by atoms with Crippen LogP contribution in [-0.4, -0.2) is 62.2 Å². The van der Waals surface area contributed by atoms with Crippen molar-refractivity contribution in [1.82, 2.24) is 30.0 Å². The summed E-state index contributed by atoms with van der Waals surface area (Å²) < 4.78 is 2.08. The van der Waals surface area contributed by atoms with Crippen LogP contribution in [0.5, 0.6) is 0 Å². The summed E-state index contributed by atoms with van der Waals surface area (Å²) in [6, 6.07) is 1.18. The first-order valence-corrected chi connectivity index (χ1v) is 10.8. The zero-order valence-corrected chi connectivity index (χ0v) is 17.3. The van der Waals surface area contributed by atoms with E-state index in [9.17, 15) is 0 Å². The second kappa shape index (κ2) is 8.79. The average molecular weight is 363 g/mol. The molecule has 26 heavy (non-hydrogen) atoms. The number of nitrogens with zero attached hydrogens (tertiary/aromatic N) is 6. The van der Waals surface area contributed by atoms with E-state index >= 15 is 0 Å². The Hall–Kier alpha value is -1.01. The molecule has 2 fully saturated rings. The molecule has 1 aromatic heterocycles. The van der Waals surface area contributed by atoms with Crippen molar-refractivity contribution >= 4 is 0 Å². The van der Waals surface area contributed by atoms with Gasteiger partial charge < -0.3 is 0 Å². The molecule has 0 spiro atoms.